The van der Waals surface area contributed by atoms with E-state index in [2.05, 4.69) is 26.0 Å². The highest BCUT2D eigenvalue weighted by Crippen LogP contribution is 2.28. The monoisotopic (exact) mass is 551 g/mol. The van der Waals surface area contributed by atoms with Gasteiger partial charge < -0.3 is 9.47 Å². The first kappa shape index (κ1) is 26.2. The molecule has 0 saturated carbocycles. The van der Waals surface area contributed by atoms with E-state index in [1.165, 1.54) is 13.3 Å². The van der Waals surface area contributed by atoms with E-state index in [4.69, 9.17) is 9.47 Å². The van der Waals surface area contributed by atoms with Gasteiger partial charge in [-0.15, -0.1) is 10.2 Å². The average molecular weight is 552 g/mol. The summed E-state index contributed by atoms with van der Waals surface area (Å²) >= 11 is 1.13. The Bertz CT molecular complexity index is 1720. The molecule has 5 rings (SSSR count). The van der Waals surface area contributed by atoms with Gasteiger partial charge in [-0.25, -0.2) is 10.2 Å². The number of hydrogen-bond donors (Lipinski definition) is 2. The number of esters is 1. The van der Waals surface area contributed by atoms with Crippen molar-refractivity contribution in [2.75, 3.05) is 12.4 Å². The highest BCUT2D eigenvalue weighted by Gasteiger charge is 2.17. The van der Waals surface area contributed by atoms with Crippen molar-refractivity contribution in [2.24, 2.45) is 5.10 Å². The van der Waals surface area contributed by atoms with E-state index in [9.17, 15) is 14.4 Å². The number of amides is 2. The number of aromatic nitrogens is 2. The van der Waals surface area contributed by atoms with Crippen LogP contribution in [-0.4, -0.2) is 41.3 Å². The van der Waals surface area contributed by atoms with Crippen LogP contribution in [0.4, 0.5) is 5.13 Å². The normalized spacial score (nSPS) is 10.8. The summed E-state index contributed by atoms with van der Waals surface area (Å²) in [5, 5.41) is 16.7. The predicted octanol–water partition coefficient (Wildman–Crippen LogP) is 4.67. The lowest BCUT2D eigenvalue weighted by atomic mass is 10.0. The van der Waals surface area contributed by atoms with Crippen LogP contribution in [0.15, 0.2) is 96.1 Å². The van der Waals surface area contributed by atoms with Gasteiger partial charge in [-0.3, -0.25) is 14.9 Å². The van der Waals surface area contributed by atoms with Crippen LogP contribution >= 0.6 is 11.3 Å². The van der Waals surface area contributed by atoms with Gasteiger partial charge in [0, 0.05) is 11.1 Å². The van der Waals surface area contributed by atoms with E-state index < -0.39 is 17.8 Å². The fourth-order valence-corrected chi connectivity index (χ4v) is 4.46. The van der Waals surface area contributed by atoms with Crippen molar-refractivity contribution in [3.8, 4) is 22.1 Å². The quantitative estimate of drug-likeness (QED) is 0.0987. The molecule has 0 saturated heterocycles. The Balaban J connectivity index is 1.29. The number of carbonyl (C=O) groups excluding carboxylic acids is 3. The summed E-state index contributed by atoms with van der Waals surface area (Å²) in [5.41, 5.74) is 3.81. The summed E-state index contributed by atoms with van der Waals surface area (Å²) in [4.78, 5) is 37.6. The minimum atomic E-state index is -1.01. The number of rotatable bonds is 7. The number of ether oxygens (including phenoxy) is 2. The summed E-state index contributed by atoms with van der Waals surface area (Å²) in [7, 11) is 1.54. The number of anilines is 1. The van der Waals surface area contributed by atoms with Crippen LogP contribution in [0.25, 0.3) is 21.3 Å². The molecular weight excluding hydrogens is 530 g/mol. The smallest absolute Gasteiger partial charge is 0.343 e. The summed E-state index contributed by atoms with van der Waals surface area (Å²) in [6.07, 6.45) is 1.32. The SMILES string of the molecule is COc1ccc(C(=O)Oc2ccc3ccccc3c2/C=N/NC(=O)C(=O)Nc2nnc(-c3ccccc3)s2)cc1. The molecule has 0 aliphatic carbocycles. The Kier molecular flexibility index (Phi) is 7.84. The van der Waals surface area contributed by atoms with Crippen LogP contribution in [0, 0.1) is 0 Å². The van der Waals surface area contributed by atoms with Crippen LogP contribution in [-0.2, 0) is 9.59 Å². The molecule has 11 heteroatoms. The van der Waals surface area contributed by atoms with Crippen molar-refractivity contribution >= 4 is 51.2 Å². The summed E-state index contributed by atoms with van der Waals surface area (Å²) in [5.74, 6) is -1.72. The Hall–Kier alpha value is -5.42. The van der Waals surface area contributed by atoms with Crippen molar-refractivity contribution in [3.05, 3.63) is 102 Å². The number of fused-ring (bicyclic) bond motifs is 1. The number of carbonyl (C=O) groups is 3. The Morgan fingerprint density at radius 2 is 1.60 bits per heavy atom. The third-order valence-corrected chi connectivity index (χ3v) is 6.58. The van der Waals surface area contributed by atoms with Gasteiger partial charge in [0.05, 0.1) is 18.9 Å². The highest BCUT2D eigenvalue weighted by atomic mass is 32.1. The maximum atomic E-state index is 12.8. The molecule has 1 heterocycles. The van der Waals surface area contributed by atoms with Crippen molar-refractivity contribution in [2.45, 2.75) is 0 Å². The molecule has 0 aliphatic heterocycles. The molecule has 198 valence electrons. The molecule has 2 amide bonds. The van der Waals surface area contributed by atoms with Crippen LogP contribution in [0.3, 0.4) is 0 Å². The summed E-state index contributed by atoms with van der Waals surface area (Å²) < 4.78 is 10.8. The van der Waals surface area contributed by atoms with E-state index in [1.807, 2.05) is 54.6 Å². The molecule has 2 N–H and O–H groups in total. The van der Waals surface area contributed by atoms with Crippen LogP contribution < -0.4 is 20.2 Å². The number of hydrazone groups is 1. The van der Waals surface area contributed by atoms with E-state index >= 15 is 0 Å². The van der Waals surface area contributed by atoms with Crippen LogP contribution in [0.2, 0.25) is 0 Å². The lowest BCUT2D eigenvalue weighted by molar-refractivity contribution is -0.136. The standard InChI is InChI=1S/C29H21N5O5S/c1-38-21-14-11-20(12-15-21)28(37)39-24-16-13-18-7-5-6-10-22(18)23(24)17-30-32-26(36)25(35)31-29-34-33-27(40-29)19-8-3-2-4-9-19/h2-17H,1H3,(H,32,36)(H,31,34,35)/b30-17+. The first-order valence-corrected chi connectivity index (χ1v) is 12.7. The van der Waals surface area contributed by atoms with Gasteiger partial charge in [0.2, 0.25) is 5.13 Å². The number of nitrogens with one attached hydrogen (secondary N) is 2. The molecule has 4 aromatic carbocycles. The third kappa shape index (κ3) is 6.00. The Morgan fingerprint density at radius 3 is 2.38 bits per heavy atom. The molecule has 0 unspecified atom stereocenters. The molecule has 0 radical (unpaired) electrons. The van der Waals surface area contributed by atoms with Crippen molar-refractivity contribution in [3.63, 3.8) is 0 Å². The highest BCUT2D eigenvalue weighted by molar-refractivity contribution is 7.18. The predicted molar refractivity (Wildman–Crippen MR) is 152 cm³/mol. The van der Waals surface area contributed by atoms with Gasteiger partial charge in [-0.2, -0.15) is 5.10 Å². The first-order chi connectivity index (χ1) is 19.5. The third-order valence-electron chi connectivity index (χ3n) is 5.69. The second-order valence-corrected chi connectivity index (χ2v) is 9.23. The second kappa shape index (κ2) is 12.0. The molecule has 0 spiro atoms. The van der Waals surface area contributed by atoms with E-state index in [0.29, 0.717) is 21.9 Å². The van der Waals surface area contributed by atoms with Crippen molar-refractivity contribution < 1.29 is 23.9 Å². The van der Waals surface area contributed by atoms with Gasteiger partial charge in [0.25, 0.3) is 0 Å². The zero-order valence-electron chi connectivity index (χ0n) is 21.0. The summed E-state index contributed by atoms with van der Waals surface area (Å²) in [6, 6.07) is 26.7. The molecule has 0 bridgehead atoms. The number of methoxy groups -OCH3 is 1. The lowest BCUT2D eigenvalue weighted by Crippen LogP contribution is -2.32. The maximum absolute atomic E-state index is 12.8. The van der Waals surface area contributed by atoms with E-state index in [-0.39, 0.29) is 10.9 Å². The van der Waals surface area contributed by atoms with Crippen molar-refractivity contribution in [1.82, 2.24) is 15.6 Å². The number of nitrogens with zero attached hydrogens (tertiary/aromatic N) is 3. The van der Waals surface area contributed by atoms with Gasteiger partial charge in [-0.05, 0) is 41.1 Å². The first-order valence-electron chi connectivity index (χ1n) is 11.9. The van der Waals surface area contributed by atoms with E-state index in [1.54, 1.807) is 36.4 Å². The molecule has 0 fully saturated rings. The van der Waals surface area contributed by atoms with Gasteiger partial charge in [0.15, 0.2) is 0 Å². The van der Waals surface area contributed by atoms with E-state index in [0.717, 1.165) is 27.7 Å². The largest absolute Gasteiger partial charge is 0.497 e. The topological polar surface area (TPSA) is 132 Å². The van der Waals surface area contributed by atoms with Gasteiger partial charge in [-0.1, -0.05) is 72.0 Å². The van der Waals surface area contributed by atoms with Gasteiger partial charge in [0.1, 0.15) is 16.5 Å². The molecule has 0 aliphatic rings. The maximum Gasteiger partial charge on any atom is 0.343 e. The molecule has 1 aromatic heterocycles. The lowest BCUT2D eigenvalue weighted by Gasteiger charge is -2.11. The van der Waals surface area contributed by atoms with Crippen molar-refractivity contribution in [1.29, 1.82) is 0 Å². The second-order valence-electron chi connectivity index (χ2n) is 8.25. The van der Waals surface area contributed by atoms with Crippen LogP contribution in [0.5, 0.6) is 11.5 Å². The molecule has 10 nitrogen and oxygen atoms in total. The average Bonchev–Trinajstić information content (AvgIpc) is 3.46. The number of hydrogen-bond acceptors (Lipinski definition) is 9. The zero-order chi connectivity index (χ0) is 27.9. The molecule has 5 aromatic rings. The molecular formula is C29H21N5O5S. The minimum Gasteiger partial charge on any atom is -0.497 e. The minimum absolute atomic E-state index is 0.171. The zero-order valence-corrected chi connectivity index (χ0v) is 21.8. The Morgan fingerprint density at radius 1 is 0.850 bits per heavy atom. The molecule has 40 heavy (non-hydrogen) atoms. The number of benzene rings is 4. The Labute approximate surface area is 232 Å². The fraction of sp³-hybridized carbons (Fsp3) is 0.0345. The van der Waals surface area contributed by atoms with Gasteiger partial charge >= 0.3 is 17.8 Å². The van der Waals surface area contributed by atoms with Crippen LogP contribution in [0.1, 0.15) is 15.9 Å². The fourth-order valence-electron chi connectivity index (χ4n) is 3.71. The molecule has 0 atom stereocenters. The summed E-state index contributed by atoms with van der Waals surface area (Å²) in [6.45, 7) is 0.